The minimum Gasteiger partial charge on any atom is -0.488 e. The maximum Gasteiger partial charge on any atom is 0.303 e. The molecule has 0 unspecified atom stereocenters. The monoisotopic (exact) mass is 524 g/mol. The Balaban J connectivity index is 1.20. The van der Waals surface area contributed by atoms with Crippen LogP contribution in [0.3, 0.4) is 0 Å². The number of oxime groups is 1. The number of carboxylic acids is 1. The molecular formula is C30H28N4O5. The summed E-state index contributed by atoms with van der Waals surface area (Å²) in [6.07, 6.45) is 1.96. The van der Waals surface area contributed by atoms with Crippen molar-refractivity contribution in [1.29, 1.82) is 5.26 Å². The molecule has 1 heterocycles. The SMILES string of the molecule is Cc1noc(-c2ccc(NCc3ccc(OC/C=N/OCc4ccc(C#N)cc4)cc3)cc2)c1CCC(=O)O. The number of carbonyl (C=O) groups is 1. The summed E-state index contributed by atoms with van der Waals surface area (Å²) in [6.45, 7) is 3.05. The molecule has 1 aromatic heterocycles. The number of rotatable bonds is 13. The molecule has 0 aliphatic rings. The molecule has 0 saturated heterocycles. The number of aliphatic carboxylic acids is 1. The average Bonchev–Trinajstić information content (AvgIpc) is 3.33. The van der Waals surface area contributed by atoms with E-state index in [2.05, 4.69) is 21.7 Å². The van der Waals surface area contributed by atoms with Crippen molar-refractivity contribution in [3.8, 4) is 23.1 Å². The minimum atomic E-state index is -0.850. The Kier molecular flexibility index (Phi) is 9.29. The highest BCUT2D eigenvalue weighted by Gasteiger charge is 2.16. The molecule has 0 saturated carbocycles. The first-order chi connectivity index (χ1) is 19.0. The number of benzene rings is 3. The smallest absolute Gasteiger partial charge is 0.303 e. The molecule has 0 atom stereocenters. The lowest BCUT2D eigenvalue weighted by Crippen LogP contribution is -2.01. The number of aryl methyl sites for hydroxylation is 1. The van der Waals surface area contributed by atoms with E-state index in [9.17, 15) is 4.79 Å². The molecule has 0 spiro atoms. The Morgan fingerprint density at radius 2 is 1.79 bits per heavy atom. The van der Waals surface area contributed by atoms with E-state index in [0.717, 1.165) is 33.7 Å². The normalized spacial score (nSPS) is 10.8. The number of nitrogens with one attached hydrogen (secondary N) is 1. The zero-order valence-electron chi connectivity index (χ0n) is 21.5. The standard InChI is InChI=1S/C30H28N4O5/c1-21-28(14-15-29(35)36)30(39-34-21)25-8-10-26(11-9-25)32-19-23-6-12-27(13-7-23)37-17-16-33-38-20-24-4-2-22(18-31)3-5-24/h2-13,16,32H,14-15,17,19-20H2,1H3,(H,35,36)/b33-16+. The van der Waals surface area contributed by atoms with E-state index < -0.39 is 5.97 Å². The zero-order valence-corrected chi connectivity index (χ0v) is 21.5. The Morgan fingerprint density at radius 1 is 1.08 bits per heavy atom. The Morgan fingerprint density at radius 3 is 2.49 bits per heavy atom. The van der Waals surface area contributed by atoms with Crippen molar-refractivity contribution in [3.05, 3.63) is 101 Å². The Hall–Kier alpha value is -5.10. The van der Waals surface area contributed by atoms with Crippen LogP contribution < -0.4 is 10.1 Å². The van der Waals surface area contributed by atoms with Crippen LogP contribution in [0.4, 0.5) is 5.69 Å². The second kappa shape index (κ2) is 13.4. The summed E-state index contributed by atoms with van der Waals surface area (Å²) in [6, 6.07) is 24.8. The third-order valence-corrected chi connectivity index (χ3v) is 5.93. The van der Waals surface area contributed by atoms with Crippen molar-refractivity contribution in [1.82, 2.24) is 5.16 Å². The molecular weight excluding hydrogens is 496 g/mol. The number of nitriles is 1. The first kappa shape index (κ1) is 26.9. The lowest BCUT2D eigenvalue weighted by Gasteiger charge is -2.09. The summed E-state index contributed by atoms with van der Waals surface area (Å²) in [5, 5.41) is 29.1. The van der Waals surface area contributed by atoms with Crippen molar-refractivity contribution in [2.24, 2.45) is 5.16 Å². The number of anilines is 1. The summed E-state index contributed by atoms with van der Waals surface area (Å²) in [7, 11) is 0. The molecule has 4 aromatic rings. The first-order valence-corrected chi connectivity index (χ1v) is 12.4. The van der Waals surface area contributed by atoms with Crippen molar-refractivity contribution in [2.45, 2.75) is 32.9 Å². The van der Waals surface area contributed by atoms with Gasteiger partial charge < -0.3 is 24.5 Å². The third-order valence-electron chi connectivity index (χ3n) is 5.93. The first-order valence-electron chi connectivity index (χ1n) is 12.4. The summed E-state index contributed by atoms with van der Waals surface area (Å²) in [5.41, 5.74) is 5.96. The molecule has 4 rings (SSSR count). The summed E-state index contributed by atoms with van der Waals surface area (Å²) in [5.74, 6) is 0.484. The maximum atomic E-state index is 11.0. The van der Waals surface area contributed by atoms with Gasteiger partial charge in [0.05, 0.1) is 23.5 Å². The molecule has 0 aliphatic carbocycles. The number of ether oxygens (including phenoxy) is 1. The van der Waals surface area contributed by atoms with Gasteiger partial charge in [-0.3, -0.25) is 4.79 Å². The molecule has 2 N–H and O–H groups in total. The van der Waals surface area contributed by atoms with E-state index in [1.807, 2.05) is 67.6 Å². The lowest BCUT2D eigenvalue weighted by molar-refractivity contribution is -0.136. The number of aromatic nitrogens is 1. The predicted molar refractivity (Wildman–Crippen MR) is 146 cm³/mol. The molecule has 9 nitrogen and oxygen atoms in total. The highest BCUT2D eigenvalue weighted by molar-refractivity contribution is 5.69. The third kappa shape index (κ3) is 7.94. The van der Waals surface area contributed by atoms with Crippen molar-refractivity contribution in [2.75, 3.05) is 11.9 Å². The fourth-order valence-electron chi connectivity index (χ4n) is 3.79. The van der Waals surface area contributed by atoms with Gasteiger partial charge in [-0.1, -0.05) is 34.6 Å². The molecule has 0 radical (unpaired) electrons. The van der Waals surface area contributed by atoms with Crippen LogP contribution in [-0.4, -0.2) is 29.1 Å². The Bertz CT molecular complexity index is 1440. The van der Waals surface area contributed by atoms with E-state index >= 15 is 0 Å². The van der Waals surface area contributed by atoms with Crippen LogP contribution >= 0.6 is 0 Å². The van der Waals surface area contributed by atoms with Gasteiger partial charge in [0, 0.05) is 29.8 Å². The van der Waals surface area contributed by atoms with Gasteiger partial charge in [-0.15, -0.1) is 0 Å². The van der Waals surface area contributed by atoms with Crippen LogP contribution in [-0.2, 0) is 29.2 Å². The van der Waals surface area contributed by atoms with Gasteiger partial charge in [0.2, 0.25) is 0 Å². The molecule has 0 fully saturated rings. The summed E-state index contributed by atoms with van der Waals surface area (Å²) < 4.78 is 11.1. The molecule has 9 heteroatoms. The second-order valence-corrected chi connectivity index (χ2v) is 8.73. The van der Waals surface area contributed by atoms with E-state index in [1.54, 1.807) is 18.3 Å². The quantitative estimate of drug-likeness (QED) is 0.167. The largest absolute Gasteiger partial charge is 0.488 e. The van der Waals surface area contributed by atoms with Gasteiger partial charge in [0.15, 0.2) is 5.76 Å². The highest BCUT2D eigenvalue weighted by atomic mass is 16.6. The van der Waals surface area contributed by atoms with Gasteiger partial charge in [-0.25, -0.2) is 0 Å². The van der Waals surface area contributed by atoms with Gasteiger partial charge in [-0.05, 0) is 73.0 Å². The lowest BCUT2D eigenvalue weighted by atomic mass is 10.0. The molecule has 0 bridgehead atoms. The highest BCUT2D eigenvalue weighted by Crippen LogP contribution is 2.28. The van der Waals surface area contributed by atoms with Crippen LogP contribution in [0.25, 0.3) is 11.3 Å². The van der Waals surface area contributed by atoms with Crippen LogP contribution in [0.15, 0.2) is 82.5 Å². The number of nitrogens with zero attached hydrogens (tertiary/aromatic N) is 3. The fraction of sp³-hybridized carbons (Fsp3) is 0.200. The molecule has 39 heavy (non-hydrogen) atoms. The van der Waals surface area contributed by atoms with E-state index in [4.69, 9.17) is 24.5 Å². The van der Waals surface area contributed by atoms with Crippen LogP contribution in [0.1, 0.15) is 34.4 Å². The number of hydrogen-bond donors (Lipinski definition) is 2. The van der Waals surface area contributed by atoms with Crippen molar-refractivity contribution >= 4 is 17.9 Å². The van der Waals surface area contributed by atoms with Crippen molar-refractivity contribution < 1.29 is 24.0 Å². The molecule has 3 aromatic carbocycles. The zero-order chi connectivity index (χ0) is 27.5. The van der Waals surface area contributed by atoms with Gasteiger partial charge in [0.1, 0.15) is 19.0 Å². The Labute approximate surface area is 226 Å². The molecule has 0 aliphatic heterocycles. The van der Waals surface area contributed by atoms with Gasteiger partial charge in [-0.2, -0.15) is 5.26 Å². The maximum absolute atomic E-state index is 11.0. The van der Waals surface area contributed by atoms with Gasteiger partial charge >= 0.3 is 5.97 Å². The number of carboxylic acid groups (broad SMARTS) is 1. The second-order valence-electron chi connectivity index (χ2n) is 8.73. The summed E-state index contributed by atoms with van der Waals surface area (Å²) in [4.78, 5) is 16.2. The van der Waals surface area contributed by atoms with E-state index in [1.165, 1.54) is 0 Å². The van der Waals surface area contributed by atoms with Crippen molar-refractivity contribution in [3.63, 3.8) is 0 Å². The summed E-state index contributed by atoms with van der Waals surface area (Å²) >= 11 is 0. The van der Waals surface area contributed by atoms with E-state index in [0.29, 0.717) is 36.6 Å². The van der Waals surface area contributed by atoms with Crippen LogP contribution in [0.5, 0.6) is 5.75 Å². The topological polar surface area (TPSA) is 130 Å². The fourth-order valence-corrected chi connectivity index (χ4v) is 3.79. The molecule has 198 valence electrons. The minimum absolute atomic E-state index is 0.0293. The van der Waals surface area contributed by atoms with Gasteiger partial charge in [0.25, 0.3) is 0 Å². The molecule has 0 amide bonds. The average molecular weight is 525 g/mol. The number of hydrogen-bond acceptors (Lipinski definition) is 8. The van der Waals surface area contributed by atoms with E-state index in [-0.39, 0.29) is 13.0 Å². The van der Waals surface area contributed by atoms with Crippen LogP contribution in [0.2, 0.25) is 0 Å². The van der Waals surface area contributed by atoms with Crippen LogP contribution in [0, 0.1) is 18.3 Å². The predicted octanol–water partition coefficient (Wildman–Crippen LogP) is 5.73.